The van der Waals surface area contributed by atoms with Gasteiger partial charge in [-0.3, -0.25) is 4.90 Å². The number of likely N-dealkylation sites (tertiary alicyclic amines) is 1. The van der Waals surface area contributed by atoms with E-state index in [9.17, 15) is 4.79 Å². The molecule has 122 valence electrons. The molecule has 0 aliphatic carbocycles. The predicted molar refractivity (Wildman–Crippen MR) is 89.5 cm³/mol. The third-order valence-corrected chi connectivity index (χ3v) is 4.31. The van der Waals surface area contributed by atoms with Crippen LogP contribution in [0.15, 0.2) is 24.3 Å². The average molecular weight is 305 g/mol. The maximum Gasteiger partial charge on any atom is 0.319 e. The first-order valence-electron chi connectivity index (χ1n) is 8.05. The molecular formula is C17H27N3O2. The highest BCUT2D eigenvalue weighted by Crippen LogP contribution is 2.19. The molecule has 1 aliphatic heterocycles. The summed E-state index contributed by atoms with van der Waals surface area (Å²) in [6.45, 7) is 6.22. The zero-order valence-corrected chi connectivity index (χ0v) is 13.8. The van der Waals surface area contributed by atoms with Crippen LogP contribution in [0.4, 0.5) is 10.5 Å². The van der Waals surface area contributed by atoms with Gasteiger partial charge in [-0.15, -0.1) is 0 Å². The Hall–Kier alpha value is -1.75. The van der Waals surface area contributed by atoms with Crippen molar-refractivity contribution >= 4 is 11.7 Å². The van der Waals surface area contributed by atoms with E-state index in [1.54, 1.807) is 13.2 Å². The monoisotopic (exact) mass is 305 g/mol. The molecule has 2 amide bonds. The highest BCUT2D eigenvalue weighted by atomic mass is 16.5. The Balaban J connectivity index is 1.79. The molecule has 2 atom stereocenters. The maximum atomic E-state index is 12.0. The van der Waals surface area contributed by atoms with Crippen molar-refractivity contribution in [3.63, 3.8) is 0 Å². The molecule has 0 unspecified atom stereocenters. The molecule has 0 spiro atoms. The number of rotatable bonds is 5. The lowest BCUT2D eigenvalue weighted by molar-refractivity contribution is 0.114. The summed E-state index contributed by atoms with van der Waals surface area (Å²) in [5.74, 6) is 0.730. The number of amides is 2. The highest BCUT2D eigenvalue weighted by molar-refractivity contribution is 5.89. The first kappa shape index (κ1) is 16.6. The van der Waals surface area contributed by atoms with Gasteiger partial charge in [0.05, 0.1) is 7.11 Å². The molecule has 1 aliphatic rings. The maximum absolute atomic E-state index is 12.0. The number of urea groups is 1. The fraction of sp³-hybridized carbons (Fsp3) is 0.588. The Morgan fingerprint density at radius 2 is 2.27 bits per heavy atom. The minimum atomic E-state index is -0.176. The molecule has 22 heavy (non-hydrogen) atoms. The number of nitrogens with zero attached hydrogens (tertiary/aromatic N) is 1. The quantitative estimate of drug-likeness (QED) is 0.879. The lowest BCUT2D eigenvalue weighted by atomic mass is 10.0. The molecule has 0 aromatic heterocycles. The van der Waals surface area contributed by atoms with Crippen LogP contribution in [0, 0.1) is 0 Å². The molecule has 1 heterocycles. The minimum Gasteiger partial charge on any atom is -0.497 e. The Morgan fingerprint density at radius 3 is 3.00 bits per heavy atom. The van der Waals surface area contributed by atoms with E-state index in [0.29, 0.717) is 18.6 Å². The van der Waals surface area contributed by atoms with Crippen molar-refractivity contribution < 1.29 is 9.53 Å². The minimum absolute atomic E-state index is 0.176. The molecule has 0 saturated carbocycles. The first-order chi connectivity index (χ1) is 10.6. The molecule has 1 aromatic rings. The molecule has 2 N–H and O–H groups in total. The van der Waals surface area contributed by atoms with Crippen molar-refractivity contribution in [3.8, 4) is 5.75 Å². The summed E-state index contributed by atoms with van der Waals surface area (Å²) in [5.41, 5.74) is 0.732. The van der Waals surface area contributed by atoms with E-state index >= 15 is 0 Å². The first-order valence-corrected chi connectivity index (χ1v) is 8.05. The Kier molecular flexibility index (Phi) is 6.07. The standard InChI is InChI=1S/C17H27N3O2/c1-13-7-4-5-10-20(13)14(2)12-18-17(21)19-15-8-6-9-16(11-15)22-3/h6,8-9,11,13-14H,4-5,7,10,12H2,1-3H3,(H2,18,19,21)/t13-,14+/m0/s1. The third-order valence-electron chi connectivity index (χ3n) is 4.31. The number of ether oxygens (including phenoxy) is 1. The van der Waals surface area contributed by atoms with Crippen LogP contribution < -0.4 is 15.4 Å². The van der Waals surface area contributed by atoms with E-state index in [0.717, 1.165) is 18.0 Å². The van der Waals surface area contributed by atoms with Gasteiger partial charge in [-0.05, 0) is 45.4 Å². The number of carbonyl (C=O) groups excluding carboxylic acids is 1. The summed E-state index contributed by atoms with van der Waals surface area (Å²) in [4.78, 5) is 14.5. The van der Waals surface area contributed by atoms with E-state index in [1.807, 2.05) is 18.2 Å². The van der Waals surface area contributed by atoms with Gasteiger partial charge < -0.3 is 15.4 Å². The molecule has 2 rings (SSSR count). The molecule has 1 fully saturated rings. The summed E-state index contributed by atoms with van der Waals surface area (Å²) in [6.07, 6.45) is 3.82. The van der Waals surface area contributed by atoms with Gasteiger partial charge in [0.2, 0.25) is 0 Å². The summed E-state index contributed by atoms with van der Waals surface area (Å²) in [5, 5.41) is 5.79. The van der Waals surface area contributed by atoms with Gasteiger partial charge in [0.1, 0.15) is 5.75 Å². The normalized spacial score (nSPS) is 20.2. The van der Waals surface area contributed by atoms with Crippen molar-refractivity contribution in [3.05, 3.63) is 24.3 Å². The SMILES string of the molecule is COc1cccc(NC(=O)NC[C@@H](C)N2CCCC[C@@H]2C)c1. The van der Waals surface area contributed by atoms with E-state index in [2.05, 4.69) is 29.4 Å². The van der Waals surface area contributed by atoms with Crippen LogP contribution in [0.1, 0.15) is 33.1 Å². The molecule has 0 radical (unpaired) electrons. The van der Waals surface area contributed by atoms with Crippen LogP contribution in [0.5, 0.6) is 5.75 Å². The predicted octanol–water partition coefficient (Wildman–Crippen LogP) is 3.08. The van der Waals surface area contributed by atoms with Gasteiger partial charge in [-0.2, -0.15) is 0 Å². The fourth-order valence-corrected chi connectivity index (χ4v) is 3.01. The zero-order valence-electron chi connectivity index (χ0n) is 13.8. The topological polar surface area (TPSA) is 53.6 Å². The fourth-order valence-electron chi connectivity index (χ4n) is 3.01. The second-order valence-electron chi connectivity index (χ2n) is 6.00. The van der Waals surface area contributed by atoms with Gasteiger partial charge in [0.25, 0.3) is 0 Å². The summed E-state index contributed by atoms with van der Waals surface area (Å²) in [7, 11) is 1.61. The zero-order chi connectivity index (χ0) is 15.9. The van der Waals surface area contributed by atoms with Crippen molar-refractivity contribution in [2.45, 2.75) is 45.2 Å². The molecule has 1 aromatic carbocycles. The lowest BCUT2D eigenvalue weighted by Crippen LogP contribution is -2.49. The van der Waals surface area contributed by atoms with Gasteiger partial charge in [0.15, 0.2) is 0 Å². The van der Waals surface area contributed by atoms with Crippen LogP contribution >= 0.6 is 0 Å². The van der Waals surface area contributed by atoms with Crippen LogP contribution in [0.3, 0.4) is 0 Å². The molecule has 0 bridgehead atoms. The molecular weight excluding hydrogens is 278 g/mol. The number of hydrogen-bond donors (Lipinski definition) is 2. The van der Waals surface area contributed by atoms with E-state index in [4.69, 9.17) is 4.74 Å². The second kappa shape index (κ2) is 8.03. The Bertz CT molecular complexity index is 493. The second-order valence-corrected chi connectivity index (χ2v) is 6.00. The molecule has 5 heteroatoms. The van der Waals surface area contributed by atoms with Gasteiger partial charge in [-0.1, -0.05) is 12.5 Å². The van der Waals surface area contributed by atoms with E-state index < -0.39 is 0 Å². The largest absolute Gasteiger partial charge is 0.497 e. The number of nitrogens with one attached hydrogen (secondary N) is 2. The van der Waals surface area contributed by atoms with Crippen molar-refractivity contribution in [1.29, 1.82) is 0 Å². The number of benzene rings is 1. The van der Waals surface area contributed by atoms with Crippen molar-refractivity contribution in [2.24, 2.45) is 0 Å². The number of piperidine rings is 1. The van der Waals surface area contributed by atoms with Gasteiger partial charge >= 0.3 is 6.03 Å². The number of anilines is 1. The van der Waals surface area contributed by atoms with Crippen molar-refractivity contribution in [1.82, 2.24) is 10.2 Å². The van der Waals surface area contributed by atoms with E-state index in [1.165, 1.54) is 19.3 Å². The number of hydrogen-bond acceptors (Lipinski definition) is 3. The highest BCUT2D eigenvalue weighted by Gasteiger charge is 2.23. The van der Waals surface area contributed by atoms with Crippen LogP contribution in [0.2, 0.25) is 0 Å². The Morgan fingerprint density at radius 1 is 1.45 bits per heavy atom. The number of methoxy groups -OCH3 is 1. The van der Waals surface area contributed by atoms with E-state index in [-0.39, 0.29) is 6.03 Å². The van der Waals surface area contributed by atoms with Crippen LogP contribution in [-0.4, -0.2) is 43.2 Å². The summed E-state index contributed by atoms with van der Waals surface area (Å²) in [6, 6.07) is 8.13. The Labute approximate surface area is 133 Å². The number of carbonyl (C=O) groups is 1. The third kappa shape index (κ3) is 4.63. The van der Waals surface area contributed by atoms with Gasteiger partial charge in [-0.25, -0.2) is 4.79 Å². The van der Waals surface area contributed by atoms with Gasteiger partial charge in [0, 0.05) is 30.4 Å². The molecule has 1 saturated heterocycles. The summed E-state index contributed by atoms with van der Waals surface area (Å²) >= 11 is 0. The van der Waals surface area contributed by atoms with Crippen LogP contribution in [-0.2, 0) is 0 Å². The summed E-state index contributed by atoms with van der Waals surface area (Å²) < 4.78 is 5.15. The van der Waals surface area contributed by atoms with Crippen molar-refractivity contribution in [2.75, 3.05) is 25.5 Å². The lowest BCUT2D eigenvalue weighted by Gasteiger charge is -2.38. The van der Waals surface area contributed by atoms with Crippen LogP contribution in [0.25, 0.3) is 0 Å². The average Bonchev–Trinajstić information content (AvgIpc) is 2.53. The smallest absolute Gasteiger partial charge is 0.319 e. The molecule has 5 nitrogen and oxygen atoms in total.